The molecule has 0 heterocycles. The molecule has 0 bridgehead atoms. The Morgan fingerprint density at radius 1 is 1.12 bits per heavy atom. The van der Waals surface area contributed by atoms with Crippen LogP contribution in [-0.2, 0) is 9.84 Å². The van der Waals surface area contributed by atoms with E-state index in [1.165, 1.54) is 6.07 Å². The average Bonchev–Trinajstić information content (AvgIpc) is 2.29. The van der Waals surface area contributed by atoms with Gasteiger partial charge in [0.15, 0.2) is 9.84 Å². The van der Waals surface area contributed by atoms with Gasteiger partial charge in [0.25, 0.3) is 0 Å². The lowest BCUT2D eigenvalue weighted by molar-refractivity contribution is 0.319. The third kappa shape index (κ3) is 2.11. The van der Waals surface area contributed by atoms with Gasteiger partial charge in [0.1, 0.15) is 0 Å². The first-order valence-corrected chi connectivity index (χ1v) is 6.82. The Balaban J connectivity index is 2.69. The fraction of sp³-hybridized carbons (Fsp3) is 0.167. The van der Waals surface area contributed by atoms with Crippen LogP contribution in [0.15, 0.2) is 41.3 Å². The van der Waals surface area contributed by atoms with Crippen LogP contribution < -0.4 is 5.73 Å². The number of nitrogens with two attached hydrogens (primary N) is 1. The summed E-state index contributed by atoms with van der Waals surface area (Å²) < 4.78 is 23.7. The van der Waals surface area contributed by atoms with E-state index in [1.54, 1.807) is 18.2 Å². The van der Waals surface area contributed by atoms with E-state index < -0.39 is 16.4 Å². The molecule has 17 heavy (non-hydrogen) atoms. The molecule has 2 aromatic rings. The Labute approximate surface area is 99.6 Å². The van der Waals surface area contributed by atoms with Crippen LogP contribution >= 0.6 is 0 Å². The number of rotatable bonds is 3. The molecular weight excluding hydrogens is 238 g/mol. The van der Waals surface area contributed by atoms with Crippen molar-refractivity contribution in [2.24, 2.45) is 0 Å². The van der Waals surface area contributed by atoms with Crippen molar-refractivity contribution >= 4 is 26.3 Å². The fourth-order valence-electron chi connectivity index (χ4n) is 1.78. The van der Waals surface area contributed by atoms with Gasteiger partial charge in [-0.25, -0.2) is 8.42 Å². The molecule has 4 nitrogen and oxygen atoms in total. The molecule has 0 aliphatic rings. The summed E-state index contributed by atoms with van der Waals surface area (Å²) in [7, 11) is -3.51. The number of hydrogen-bond donors (Lipinski definition) is 2. The molecule has 2 rings (SSSR count). The Kier molecular flexibility index (Phi) is 3.04. The highest BCUT2D eigenvalue weighted by atomic mass is 32.2. The zero-order valence-corrected chi connectivity index (χ0v) is 9.94. The molecule has 2 aromatic carbocycles. The second-order valence-corrected chi connectivity index (χ2v) is 5.82. The Hall–Kier alpha value is -1.59. The summed E-state index contributed by atoms with van der Waals surface area (Å²) in [5.41, 5.74) is 6.12. The minimum atomic E-state index is -3.51. The molecule has 0 fully saturated rings. The van der Waals surface area contributed by atoms with E-state index in [0.29, 0.717) is 5.39 Å². The van der Waals surface area contributed by atoms with Gasteiger partial charge < -0.3 is 10.8 Å². The van der Waals surface area contributed by atoms with E-state index in [4.69, 9.17) is 10.8 Å². The molecule has 0 radical (unpaired) electrons. The van der Waals surface area contributed by atoms with Crippen molar-refractivity contribution in [1.29, 1.82) is 0 Å². The molecule has 5 heteroatoms. The Morgan fingerprint density at radius 2 is 1.82 bits per heavy atom. The molecule has 0 aromatic heterocycles. The summed E-state index contributed by atoms with van der Waals surface area (Å²) in [6.07, 6.45) is 0. The maximum Gasteiger partial charge on any atom is 0.182 e. The van der Waals surface area contributed by atoms with Crippen LogP contribution in [0.4, 0.5) is 5.69 Å². The second kappa shape index (κ2) is 4.35. The summed E-state index contributed by atoms with van der Waals surface area (Å²) in [5, 5.41) is 10.4. The highest BCUT2D eigenvalue weighted by Gasteiger charge is 2.18. The van der Waals surface area contributed by atoms with Crippen LogP contribution in [0.5, 0.6) is 0 Å². The number of sulfone groups is 1. The standard InChI is InChI=1S/C12H13NO3S/c13-12-10-4-2-1-3-9(10)5-6-11(12)17(15,16)8-7-14/h1-6,14H,7-8,13H2. The Morgan fingerprint density at radius 3 is 2.53 bits per heavy atom. The van der Waals surface area contributed by atoms with Crippen molar-refractivity contribution < 1.29 is 13.5 Å². The highest BCUT2D eigenvalue weighted by Crippen LogP contribution is 2.28. The van der Waals surface area contributed by atoms with E-state index in [9.17, 15) is 8.42 Å². The number of aliphatic hydroxyl groups is 1. The summed E-state index contributed by atoms with van der Waals surface area (Å²) in [5.74, 6) is -0.310. The van der Waals surface area contributed by atoms with E-state index in [1.807, 2.05) is 12.1 Å². The lowest BCUT2D eigenvalue weighted by atomic mass is 10.1. The number of anilines is 1. The van der Waals surface area contributed by atoms with Crippen LogP contribution in [0.3, 0.4) is 0 Å². The highest BCUT2D eigenvalue weighted by molar-refractivity contribution is 7.91. The van der Waals surface area contributed by atoms with Crippen molar-refractivity contribution in [1.82, 2.24) is 0 Å². The van der Waals surface area contributed by atoms with Gasteiger partial charge in [-0.3, -0.25) is 0 Å². The maximum absolute atomic E-state index is 11.9. The van der Waals surface area contributed by atoms with Crippen LogP contribution in [-0.4, -0.2) is 25.9 Å². The normalized spacial score (nSPS) is 11.8. The molecule has 3 N–H and O–H groups in total. The molecule has 0 spiro atoms. The van der Waals surface area contributed by atoms with Crippen molar-refractivity contribution in [3.8, 4) is 0 Å². The maximum atomic E-state index is 11.9. The smallest absolute Gasteiger partial charge is 0.182 e. The quantitative estimate of drug-likeness (QED) is 0.803. The molecule has 0 saturated heterocycles. The van der Waals surface area contributed by atoms with Gasteiger partial charge in [-0.2, -0.15) is 0 Å². The third-order valence-corrected chi connectivity index (χ3v) is 4.37. The van der Waals surface area contributed by atoms with Crippen LogP contribution in [0.1, 0.15) is 0 Å². The fourth-order valence-corrected chi connectivity index (χ4v) is 2.96. The number of fused-ring (bicyclic) bond motifs is 1. The first kappa shape index (κ1) is 11.9. The molecule has 0 aliphatic heterocycles. The molecule has 0 saturated carbocycles. The SMILES string of the molecule is Nc1c(S(=O)(=O)CCO)ccc2ccccc12. The zero-order valence-electron chi connectivity index (χ0n) is 9.13. The molecular formula is C12H13NO3S. The number of hydrogen-bond acceptors (Lipinski definition) is 4. The predicted molar refractivity (Wildman–Crippen MR) is 67.5 cm³/mol. The van der Waals surface area contributed by atoms with Crippen molar-refractivity contribution in [2.75, 3.05) is 18.1 Å². The minimum absolute atomic E-state index is 0.0882. The number of aliphatic hydroxyl groups excluding tert-OH is 1. The van der Waals surface area contributed by atoms with Gasteiger partial charge in [-0.05, 0) is 11.5 Å². The lowest BCUT2D eigenvalue weighted by Crippen LogP contribution is -2.12. The van der Waals surface area contributed by atoms with E-state index in [2.05, 4.69) is 0 Å². The molecule has 0 aliphatic carbocycles. The molecule has 0 unspecified atom stereocenters. The Bertz CT molecular complexity index is 650. The number of benzene rings is 2. The van der Waals surface area contributed by atoms with Gasteiger partial charge >= 0.3 is 0 Å². The van der Waals surface area contributed by atoms with Gasteiger partial charge in [0.2, 0.25) is 0 Å². The molecule has 0 amide bonds. The topological polar surface area (TPSA) is 80.4 Å². The zero-order chi connectivity index (χ0) is 12.5. The third-order valence-electron chi connectivity index (χ3n) is 2.63. The molecule has 0 atom stereocenters. The van der Waals surface area contributed by atoms with E-state index in [0.717, 1.165) is 5.39 Å². The van der Waals surface area contributed by atoms with Crippen molar-refractivity contribution in [2.45, 2.75) is 4.90 Å². The van der Waals surface area contributed by atoms with Gasteiger partial charge in [0.05, 0.1) is 22.9 Å². The average molecular weight is 251 g/mol. The van der Waals surface area contributed by atoms with E-state index in [-0.39, 0.29) is 16.3 Å². The van der Waals surface area contributed by atoms with Crippen LogP contribution in [0.2, 0.25) is 0 Å². The van der Waals surface area contributed by atoms with Gasteiger partial charge in [-0.1, -0.05) is 30.3 Å². The summed E-state index contributed by atoms with van der Waals surface area (Å²) in [6, 6.07) is 10.5. The number of nitrogen functional groups attached to an aromatic ring is 1. The largest absolute Gasteiger partial charge is 0.397 e. The first-order valence-electron chi connectivity index (χ1n) is 5.17. The predicted octanol–water partition coefficient (Wildman–Crippen LogP) is 1.19. The summed E-state index contributed by atoms with van der Waals surface area (Å²) in [6.45, 7) is -0.408. The van der Waals surface area contributed by atoms with Gasteiger partial charge in [0, 0.05) is 5.39 Å². The van der Waals surface area contributed by atoms with Gasteiger partial charge in [-0.15, -0.1) is 0 Å². The van der Waals surface area contributed by atoms with Crippen molar-refractivity contribution in [3.05, 3.63) is 36.4 Å². The van der Waals surface area contributed by atoms with Crippen molar-refractivity contribution in [3.63, 3.8) is 0 Å². The summed E-state index contributed by atoms with van der Waals surface area (Å²) in [4.78, 5) is 0.0882. The summed E-state index contributed by atoms with van der Waals surface area (Å²) >= 11 is 0. The first-order chi connectivity index (χ1) is 8.06. The second-order valence-electron chi connectivity index (χ2n) is 3.74. The monoisotopic (exact) mass is 251 g/mol. The molecule has 90 valence electrons. The van der Waals surface area contributed by atoms with Crippen LogP contribution in [0.25, 0.3) is 10.8 Å². The minimum Gasteiger partial charge on any atom is -0.397 e. The lowest BCUT2D eigenvalue weighted by Gasteiger charge is -2.09. The van der Waals surface area contributed by atoms with Crippen LogP contribution in [0, 0.1) is 0 Å². The van der Waals surface area contributed by atoms with E-state index >= 15 is 0 Å².